The number of anilines is 1. The number of carbonyl (C=O) groups is 1. The van der Waals surface area contributed by atoms with Crippen LogP contribution in [0.2, 0.25) is 4.34 Å². The standard InChI is InChI=1S/C14H17ClN4OS/c1-18-7-4-16-14(18)19-5-2-11(3-6-19)17-13(20)10-8-12(15)21-9-10/h4,7-9,11H,2-3,5-6H2,1H3,(H,17,20). The lowest BCUT2D eigenvalue weighted by Gasteiger charge is -2.32. The summed E-state index contributed by atoms with van der Waals surface area (Å²) in [4.78, 5) is 18.7. The third-order valence-electron chi connectivity index (χ3n) is 3.74. The molecule has 0 bridgehead atoms. The van der Waals surface area contributed by atoms with E-state index >= 15 is 0 Å². The molecule has 0 atom stereocenters. The predicted molar refractivity (Wildman–Crippen MR) is 85.2 cm³/mol. The summed E-state index contributed by atoms with van der Waals surface area (Å²) in [6, 6.07) is 1.93. The van der Waals surface area contributed by atoms with Crippen LogP contribution in [-0.4, -0.2) is 34.6 Å². The van der Waals surface area contributed by atoms with Crippen LogP contribution < -0.4 is 10.2 Å². The fourth-order valence-corrected chi connectivity index (χ4v) is 3.44. The Morgan fingerprint density at radius 3 is 2.81 bits per heavy atom. The second-order valence-corrected chi connectivity index (χ2v) is 6.75. The van der Waals surface area contributed by atoms with Crippen LogP contribution in [0, 0.1) is 0 Å². The van der Waals surface area contributed by atoms with E-state index in [2.05, 4.69) is 15.2 Å². The molecule has 0 unspecified atom stereocenters. The van der Waals surface area contributed by atoms with E-state index in [-0.39, 0.29) is 11.9 Å². The number of imidazole rings is 1. The number of aryl methyl sites for hydroxylation is 1. The van der Waals surface area contributed by atoms with Crippen molar-refractivity contribution in [2.24, 2.45) is 7.05 Å². The van der Waals surface area contributed by atoms with E-state index in [1.54, 1.807) is 11.4 Å². The minimum Gasteiger partial charge on any atom is -0.349 e. The van der Waals surface area contributed by atoms with Gasteiger partial charge in [-0.05, 0) is 18.9 Å². The van der Waals surface area contributed by atoms with Gasteiger partial charge in [-0.3, -0.25) is 4.79 Å². The first-order chi connectivity index (χ1) is 10.1. The van der Waals surface area contributed by atoms with Crippen LogP contribution in [0.5, 0.6) is 0 Å². The molecule has 2 aromatic rings. The van der Waals surface area contributed by atoms with E-state index in [0.29, 0.717) is 9.90 Å². The Kier molecular flexibility index (Phi) is 4.17. The van der Waals surface area contributed by atoms with Crippen molar-refractivity contribution in [1.29, 1.82) is 0 Å². The number of piperidine rings is 1. The number of halogens is 1. The van der Waals surface area contributed by atoms with Crippen molar-refractivity contribution in [2.45, 2.75) is 18.9 Å². The van der Waals surface area contributed by atoms with Crippen LogP contribution in [-0.2, 0) is 7.05 Å². The second-order valence-electron chi connectivity index (χ2n) is 5.21. The lowest BCUT2D eigenvalue weighted by atomic mass is 10.0. The molecule has 0 radical (unpaired) electrons. The summed E-state index contributed by atoms with van der Waals surface area (Å²) in [5.41, 5.74) is 0.650. The van der Waals surface area contributed by atoms with E-state index in [1.165, 1.54) is 11.3 Å². The topological polar surface area (TPSA) is 50.2 Å². The summed E-state index contributed by atoms with van der Waals surface area (Å²) in [5, 5.41) is 4.88. The van der Waals surface area contributed by atoms with Gasteiger partial charge in [0.25, 0.3) is 5.91 Å². The van der Waals surface area contributed by atoms with Crippen LogP contribution in [0.4, 0.5) is 5.95 Å². The second kappa shape index (κ2) is 6.07. The normalized spacial score (nSPS) is 16.2. The number of rotatable bonds is 3. The van der Waals surface area contributed by atoms with Crippen molar-refractivity contribution < 1.29 is 4.79 Å². The maximum absolute atomic E-state index is 12.1. The average Bonchev–Trinajstić information content (AvgIpc) is 3.08. The highest BCUT2D eigenvalue weighted by atomic mass is 35.5. The molecule has 21 heavy (non-hydrogen) atoms. The highest BCUT2D eigenvalue weighted by Crippen LogP contribution is 2.21. The molecule has 3 rings (SSSR count). The first-order valence-electron chi connectivity index (χ1n) is 6.90. The number of amides is 1. The minimum absolute atomic E-state index is 0.0337. The Morgan fingerprint density at radius 2 is 2.24 bits per heavy atom. The molecule has 5 nitrogen and oxygen atoms in total. The van der Waals surface area contributed by atoms with Crippen molar-refractivity contribution in [3.63, 3.8) is 0 Å². The summed E-state index contributed by atoms with van der Waals surface area (Å²) >= 11 is 7.24. The molecule has 0 aliphatic carbocycles. The van der Waals surface area contributed by atoms with Gasteiger partial charge in [0, 0.05) is 44.0 Å². The molecule has 1 aliphatic heterocycles. The highest BCUT2D eigenvalue weighted by Gasteiger charge is 2.23. The molecule has 1 fully saturated rings. The number of nitrogens with zero attached hydrogens (tertiary/aromatic N) is 3. The molecule has 0 spiro atoms. The van der Waals surface area contributed by atoms with Gasteiger partial charge in [-0.1, -0.05) is 11.6 Å². The molecule has 2 aromatic heterocycles. The zero-order valence-corrected chi connectivity index (χ0v) is 13.3. The molecule has 7 heteroatoms. The third kappa shape index (κ3) is 3.22. The Morgan fingerprint density at radius 1 is 1.48 bits per heavy atom. The van der Waals surface area contributed by atoms with Gasteiger partial charge < -0.3 is 14.8 Å². The van der Waals surface area contributed by atoms with Gasteiger partial charge in [-0.15, -0.1) is 11.3 Å². The fraction of sp³-hybridized carbons (Fsp3) is 0.429. The molecule has 1 saturated heterocycles. The van der Waals surface area contributed by atoms with Crippen molar-refractivity contribution in [3.8, 4) is 0 Å². The Balaban J connectivity index is 1.54. The number of nitrogens with one attached hydrogen (secondary N) is 1. The van der Waals surface area contributed by atoms with Gasteiger partial charge in [-0.25, -0.2) is 4.98 Å². The zero-order valence-electron chi connectivity index (χ0n) is 11.8. The van der Waals surface area contributed by atoms with Gasteiger partial charge in [0.1, 0.15) is 0 Å². The number of aromatic nitrogens is 2. The van der Waals surface area contributed by atoms with Gasteiger partial charge in [-0.2, -0.15) is 0 Å². The quantitative estimate of drug-likeness (QED) is 0.944. The summed E-state index contributed by atoms with van der Waals surface area (Å²) in [7, 11) is 2.00. The number of hydrogen-bond donors (Lipinski definition) is 1. The van der Waals surface area contributed by atoms with Crippen LogP contribution in [0.25, 0.3) is 0 Å². The van der Waals surface area contributed by atoms with E-state index in [0.717, 1.165) is 31.9 Å². The first-order valence-corrected chi connectivity index (χ1v) is 8.16. The summed E-state index contributed by atoms with van der Waals surface area (Å²) in [6.07, 6.45) is 5.61. The molecule has 1 amide bonds. The van der Waals surface area contributed by atoms with E-state index in [9.17, 15) is 4.79 Å². The molecular formula is C14H17ClN4OS. The van der Waals surface area contributed by atoms with Crippen molar-refractivity contribution in [2.75, 3.05) is 18.0 Å². The smallest absolute Gasteiger partial charge is 0.252 e. The molecule has 0 saturated carbocycles. The van der Waals surface area contributed by atoms with Crippen LogP contribution >= 0.6 is 22.9 Å². The minimum atomic E-state index is -0.0337. The number of hydrogen-bond acceptors (Lipinski definition) is 4. The molecule has 3 heterocycles. The van der Waals surface area contributed by atoms with Crippen LogP contribution in [0.3, 0.4) is 0 Å². The summed E-state index contributed by atoms with van der Waals surface area (Å²) in [5.74, 6) is 0.956. The first kappa shape index (κ1) is 14.4. The maximum atomic E-state index is 12.1. The molecular weight excluding hydrogens is 308 g/mol. The maximum Gasteiger partial charge on any atom is 0.252 e. The van der Waals surface area contributed by atoms with Crippen LogP contribution in [0.1, 0.15) is 23.2 Å². The zero-order chi connectivity index (χ0) is 14.8. The van der Waals surface area contributed by atoms with Crippen molar-refractivity contribution in [1.82, 2.24) is 14.9 Å². The third-order valence-corrected chi connectivity index (χ3v) is 4.83. The summed E-state index contributed by atoms with van der Waals surface area (Å²) in [6.45, 7) is 1.81. The Labute approximate surface area is 132 Å². The Hall–Kier alpha value is -1.53. The SMILES string of the molecule is Cn1ccnc1N1CCC(NC(=O)c2csc(Cl)c2)CC1. The van der Waals surface area contributed by atoms with E-state index < -0.39 is 0 Å². The highest BCUT2D eigenvalue weighted by molar-refractivity contribution is 7.14. The largest absolute Gasteiger partial charge is 0.349 e. The molecule has 112 valence electrons. The molecule has 1 aliphatic rings. The lowest BCUT2D eigenvalue weighted by molar-refractivity contribution is 0.0931. The summed E-state index contributed by atoms with van der Waals surface area (Å²) < 4.78 is 2.66. The van der Waals surface area contributed by atoms with Gasteiger partial charge in [0.05, 0.1) is 9.90 Å². The average molecular weight is 325 g/mol. The molecule has 0 aromatic carbocycles. The Bertz CT molecular complexity index is 630. The van der Waals surface area contributed by atoms with E-state index in [4.69, 9.17) is 11.6 Å². The van der Waals surface area contributed by atoms with Crippen molar-refractivity contribution >= 4 is 34.8 Å². The van der Waals surface area contributed by atoms with Gasteiger partial charge >= 0.3 is 0 Å². The predicted octanol–water partition coefficient (Wildman–Crippen LogP) is 2.53. The van der Waals surface area contributed by atoms with Gasteiger partial charge in [0.15, 0.2) is 0 Å². The van der Waals surface area contributed by atoms with E-state index in [1.807, 2.05) is 24.0 Å². The fourth-order valence-electron chi connectivity index (χ4n) is 2.58. The number of thiophene rings is 1. The monoisotopic (exact) mass is 324 g/mol. The lowest BCUT2D eigenvalue weighted by Crippen LogP contribution is -2.45. The van der Waals surface area contributed by atoms with Crippen molar-refractivity contribution in [3.05, 3.63) is 33.7 Å². The number of carbonyl (C=O) groups excluding carboxylic acids is 1. The molecule has 1 N–H and O–H groups in total. The van der Waals surface area contributed by atoms with Crippen LogP contribution in [0.15, 0.2) is 23.8 Å². The van der Waals surface area contributed by atoms with Gasteiger partial charge in [0.2, 0.25) is 5.95 Å².